The Morgan fingerprint density at radius 1 is 0.923 bits per heavy atom. The number of hydrogen-bond acceptors (Lipinski definition) is 4. The molecule has 0 spiro atoms. The van der Waals surface area contributed by atoms with Gasteiger partial charge in [0.15, 0.2) is 0 Å². The molecule has 5 heteroatoms. The number of likely N-dealkylation sites (tertiary alicyclic amines) is 1. The highest BCUT2D eigenvalue weighted by Crippen LogP contribution is 2.45. The van der Waals surface area contributed by atoms with Crippen molar-refractivity contribution in [1.29, 1.82) is 0 Å². The number of halogens is 1. The Hall–Kier alpha value is -2.63. The lowest BCUT2D eigenvalue weighted by molar-refractivity contribution is -0.0467. The lowest BCUT2D eigenvalue weighted by atomic mass is 9.76. The van der Waals surface area contributed by atoms with Crippen LogP contribution in [-0.2, 0) is 5.60 Å². The molecule has 26 heavy (non-hydrogen) atoms. The average Bonchev–Trinajstić information content (AvgIpc) is 2.66. The standard InChI is InChI=1S/C21H20FN3O/c22-19-8-6-16(7-9-19)20(25-12-3-13-25)21(26,17-4-1-10-23-14-17)18-5-2-11-24-15-18/h1-2,4-11,14-15,20,26H,3,12-13H2. The van der Waals surface area contributed by atoms with E-state index in [0.29, 0.717) is 11.1 Å². The van der Waals surface area contributed by atoms with Crippen LogP contribution in [0.2, 0.25) is 0 Å². The minimum absolute atomic E-state index is 0.289. The first-order chi connectivity index (χ1) is 12.7. The molecule has 1 aliphatic rings. The number of hydrogen-bond donors (Lipinski definition) is 1. The summed E-state index contributed by atoms with van der Waals surface area (Å²) in [6, 6.07) is 13.4. The third-order valence-electron chi connectivity index (χ3n) is 5.04. The summed E-state index contributed by atoms with van der Waals surface area (Å²) in [7, 11) is 0. The Kier molecular flexibility index (Phi) is 4.49. The van der Waals surface area contributed by atoms with Gasteiger partial charge >= 0.3 is 0 Å². The predicted octanol–water partition coefficient (Wildman–Crippen LogP) is 3.30. The number of benzene rings is 1. The zero-order valence-electron chi connectivity index (χ0n) is 14.3. The van der Waals surface area contributed by atoms with E-state index in [0.717, 1.165) is 25.1 Å². The molecule has 1 fully saturated rings. The van der Waals surface area contributed by atoms with Crippen molar-refractivity contribution in [1.82, 2.24) is 14.9 Å². The van der Waals surface area contributed by atoms with E-state index in [9.17, 15) is 9.50 Å². The van der Waals surface area contributed by atoms with Crippen LogP contribution in [0.25, 0.3) is 0 Å². The van der Waals surface area contributed by atoms with Crippen molar-refractivity contribution >= 4 is 0 Å². The lowest BCUT2D eigenvalue weighted by Gasteiger charge is -2.47. The van der Waals surface area contributed by atoms with Gasteiger partial charge in [0.1, 0.15) is 11.4 Å². The fraction of sp³-hybridized carbons (Fsp3) is 0.238. The molecule has 0 bridgehead atoms. The van der Waals surface area contributed by atoms with Crippen LogP contribution in [0.3, 0.4) is 0 Å². The number of aromatic nitrogens is 2. The van der Waals surface area contributed by atoms with Crippen LogP contribution in [0.15, 0.2) is 73.3 Å². The summed E-state index contributed by atoms with van der Waals surface area (Å²) < 4.78 is 13.5. The summed E-state index contributed by atoms with van der Waals surface area (Å²) in [5.74, 6) is -0.289. The average molecular weight is 349 g/mol. The molecule has 132 valence electrons. The van der Waals surface area contributed by atoms with Crippen molar-refractivity contribution in [2.24, 2.45) is 0 Å². The van der Waals surface area contributed by atoms with Crippen molar-refractivity contribution in [2.45, 2.75) is 18.1 Å². The van der Waals surface area contributed by atoms with Crippen LogP contribution < -0.4 is 0 Å². The molecule has 2 aromatic heterocycles. The topological polar surface area (TPSA) is 49.3 Å². The zero-order valence-corrected chi connectivity index (χ0v) is 14.3. The highest BCUT2D eigenvalue weighted by molar-refractivity contribution is 5.39. The molecule has 1 saturated heterocycles. The van der Waals surface area contributed by atoms with Crippen molar-refractivity contribution < 1.29 is 9.50 Å². The summed E-state index contributed by atoms with van der Waals surface area (Å²) >= 11 is 0. The number of nitrogens with zero attached hydrogens (tertiary/aromatic N) is 3. The maximum absolute atomic E-state index is 13.5. The van der Waals surface area contributed by atoms with E-state index < -0.39 is 5.60 Å². The highest BCUT2D eigenvalue weighted by atomic mass is 19.1. The monoisotopic (exact) mass is 349 g/mol. The van der Waals surface area contributed by atoms with Gasteiger partial charge in [0, 0.05) is 49.0 Å². The summed E-state index contributed by atoms with van der Waals surface area (Å²) in [6.07, 6.45) is 7.81. The Morgan fingerprint density at radius 3 is 1.92 bits per heavy atom. The van der Waals surface area contributed by atoms with Gasteiger partial charge in [-0.2, -0.15) is 0 Å². The molecule has 0 amide bonds. The summed E-state index contributed by atoms with van der Waals surface area (Å²) in [5, 5.41) is 12.1. The first-order valence-electron chi connectivity index (χ1n) is 8.72. The molecule has 3 aromatic rings. The molecule has 0 radical (unpaired) electrons. The summed E-state index contributed by atoms with van der Waals surface area (Å²) in [5.41, 5.74) is 0.894. The van der Waals surface area contributed by atoms with Crippen molar-refractivity contribution in [2.75, 3.05) is 13.1 Å². The van der Waals surface area contributed by atoms with Gasteiger partial charge in [-0.05, 0) is 36.2 Å². The van der Waals surface area contributed by atoms with Crippen LogP contribution in [-0.4, -0.2) is 33.1 Å². The molecule has 1 atom stereocenters. The Balaban J connectivity index is 1.91. The lowest BCUT2D eigenvalue weighted by Crippen LogP contribution is -2.50. The van der Waals surface area contributed by atoms with Crippen LogP contribution in [0.5, 0.6) is 0 Å². The van der Waals surface area contributed by atoms with E-state index in [1.807, 2.05) is 24.3 Å². The van der Waals surface area contributed by atoms with E-state index >= 15 is 0 Å². The fourth-order valence-electron chi connectivity index (χ4n) is 3.62. The summed E-state index contributed by atoms with van der Waals surface area (Å²) in [4.78, 5) is 10.6. The molecule has 4 nitrogen and oxygen atoms in total. The largest absolute Gasteiger partial charge is 0.378 e. The Morgan fingerprint density at radius 2 is 1.50 bits per heavy atom. The quantitative estimate of drug-likeness (QED) is 0.768. The van der Waals surface area contributed by atoms with E-state index in [4.69, 9.17) is 0 Å². The second-order valence-electron chi connectivity index (χ2n) is 6.59. The SMILES string of the molecule is OC(c1cccnc1)(c1cccnc1)C(c1ccc(F)cc1)N1CCC1. The number of rotatable bonds is 5. The van der Waals surface area contributed by atoms with Crippen molar-refractivity contribution in [3.05, 3.63) is 95.8 Å². The van der Waals surface area contributed by atoms with Crippen molar-refractivity contribution in [3.63, 3.8) is 0 Å². The van der Waals surface area contributed by atoms with Gasteiger partial charge in [-0.25, -0.2) is 4.39 Å². The van der Waals surface area contributed by atoms with E-state index in [1.165, 1.54) is 12.1 Å². The number of pyridine rings is 2. The highest BCUT2D eigenvalue weighted by Gasteiger charge is 2.46. The Labute approximate surface area is 152 Å². The molecule has 1 N–H and O–H groups in total. The Bertz CT molecular complexity index is 812. The fourth-order valence-corrected chi connectivity index (χ4v) is 3.62. The van der Waals surface area contributed by atoms with E-state index in [-0.39, 0.29) is 11.9 Å². The van der Waals surface area contributed by atoms with Gasteiger partial charge in [0.2, 0.25) is 0 Å². The van der Waals surface area contributed by atoms with Crippen LogP contribution in [0.4, 0.5) is 4.39 Å². The predicted molar refractivity (Wildman–Crippen MR) is 96.8 cm³/mol. The van der Waals surface area contributed by atoms with E-state index in [1.54, 1.807) is 36.9 Å². The zero-order chi connectivity index (χ0) is 18.0. The minimum Gasteiger partial charge on any atom is -0.378 e. The molecule has 3 heterocycles. The minimum atomic E-state index is -1.35. The molecule has 4 rings (SSSR count). The third kappa shape index (κ3) is 2.89. The summed E-state index contributed by atoms with van der Waals surface area (Å²) in [6.45, 7) is 1.76. The normalized spacial score (nSPS) is 16.1. The van der Waals surface area contributed by atoms with Gasteiger partial charge < -0.3 is 5.11 Å². The molecule has 1 aliphatic heterocycles. The van der Waals surface area contributed by atoms with Crippen LogP contribution in [0.1, 0.15) is 29.2 Å². The van der Waals surface area contributed by atoms with Gasteiger partial charge in [-0.1, -0.05) is 24.3 Å². The molecule has 1 aromatic carbocycles. The maximum Gasteiger partial charge on any atom is 0.137 e. The first kappa shape index (κ1) is 16.8. The van der Waals surface area contributed by atoms with Crippen molar-refractivity contribution in [3.8, 4) is 0 Å². The third-order valence-corrected chi connectivity index (χ3v) is 5.04. The second kappa shape index (κ2) is 6.94. The number of aliphatic hydroxyl groups is 1. The first-order valence-corrected chi connectivity index (χ1v) is 8.72. The smallest absolute Gasteiger partial charge is 0.137 e. The maximum atomic E-state index is 13.5. The molecular formula is C21H20FN3O. The van der Waals surface area contributed by atoms with Crippen LogP contribution in [0, 0.1) is 5.82 Å². The molecular weight excluding hydrogens is 329 g/mol. The van der Waals surface area contributed by atoms with Gasteiger partial charge in [-0.15, -0.1) is 0 Å². The van der Waals surface area contributed by atoms with Crippen LogP contribution >= 0.6 is 0 Å². The van der Waals surface area contributed by atoms with Gasteiger partial charge in [0.25, 0.3) is 0 Å². The second-order valence-corrected chi connectivity index (χ2v) is 6.59. The molecule has 0 aliphatic carbocycles. The molecule has 1 unspecified atom stereocenters. The molecule has 0 saturated carbocycles. The van der Waals surface area contributed by atoms with Gasteiger partial charge in [-0.3, -0.25) is 14.9 Å². The van der Waals surface area contributed by atoms with Gasteiger partial charge in [0.05, 0.1) is 6.04 Å². The van der Waals surface area contributed by atoms with E-state index in [2.05, 4.69) is 14.9 Å².